The highest BCUT2D eigenvalue weighted by Crippen LogP contribution is 2.52. The fourth-order valence-electron chi connectivity index (χ4n) is 6.14. The Morgan fingerprint density at radius 3 is 2.44 bits per heavy atom. The van der Waals surface area contributed by atoms with Gasteiger partial charge in [-0.15, -0.1) is 0 Å². The number of primary amides is 1. The molecule has 1 fully saturated rings. The van der Waals surface area contributed by atoms with Gasteiger partial charge in [-0.3, -0.25) is 19.3 Å². The number of aliphatic hydroxyl groups excluding tert-OH is 2. The van der Waals surface area contributed by atoms with Gasteiger partial charge in [0.2, 0.25) is 5.78 Å². The number of hydrogen-bond donors (Lipinski definition) is 5. The fourth-order valence-corrected chi connectivity index (χ4v) is 6.14. The number of ketones is 2. The summed E-state index contributed by atoms with van der Waals surface area (Å²) in [5.74, 6) is -5.72. The lowest BCUT2D eigenvalue weighted by molar-refractivity contribution is -0.148. The molecule has 5 rings (SSSR count). The van der Waals surface area contributed by atoms with E-state index in [2.05, 4.69) is 0 Å². The molecule has 4 aliphatic carbocycles. The summed E-state index contributed by atoms with van der Waals surface area (Å²) in [6, 6.07) is 2.31. The number of fused-ring (bicyclic) bond motifs is 3. The summed E-state index contributed by atoms with van der Waals surface area (Å²) < 4.78 is 0. The number of phenols is 1. The molecule has 1 aromatic carbocycles. The standard InChI is InChI=1S/C25H28N2O7/c1-27(2)19-14-9-12-8-13-11(7-10-3-4-10)5-6-15(28)17(13)20(29)16(12)22(31)25(14,34)23(32)18(21(19)30)24(26)33/h5-6,10,12,14,19,28,30-31,34H,3-4,7-9H2,1-2H3,(H2,26,33)/t12-,14-,19-,25-/m0/s1. The van der Waals surface area contributed by atoms with Gasteiger partial charge >= 0.3 is 0 Å². The van der Waals surface area contributed by atoms with Crippen LogP contribution in [-0.4, -0.2) is 68.5 Å². The number of rotatable bonds is 4. The van der Waals surface area contributed by atoms with Crippen molar-refractivity contribution in [1.29, 1.82) is 0 Å². The van der Waals surface area contributed by atoms with Crippen LogP contribution in [0.3, 0.4) is 0 Å². The molecule has 0 aliphatic heterocycles. The van der Waals surface area contributed by atoms with Gasteiger partial charge in [-0.05, 0) is 75.2 Å². The van der Waals surface area contributed by atoms with Crippen LogP contribution in [0.4, 0.5) is 0 Å². The van der Waals surface area contributed by atoms with Crippen molar-refractivity contribution in [2.75, 3.05) is 14.1 Å². The first kappa shape index (κ1) is 22.6. The zero-order valence-electron chi connectivity index (χ0n) is 19.0. The van der Waals surface area contributed by atoms with E-state index in [1.54, 1.807) is 19.0 Å². The third-order valence-corrected chi connectivity index (χ3v) is 7.91. The minimum atomic E-state index is -2.61. The summed E-state index contributed by atoms with van der Waals surface area (Å²) >= 11 is 0. The van der Waals surface area contributed by atoms with E-state index < -0.39 is 58.0 Å². The fraction of sp³-hybridized carbons (Fsp3) is 0.480. The molecule has 9 nitrogen and oxygen atoms in total. The van der Waals surface area contributed by atoms with Gasteiger partial charge in [0.1, 0.15) is 22.8 Å². The van der Waals surface area contributed by atoms with Crippen LogP contribution in [0.15, 0.2) is 34.8 Å². The molecule has 0 heterocycles. The normalized spacial score (nSPS) is 30.9. The van der Waals surface area contributed by atoms with Gasteiger partial charge in [0, 0.05) is 11.5 Å². The highest BCUT2D eigenvalue weighted by atomic mass is 16.3. The summed E-state index contributed by atoms with van der Waals surface area (Å²) in [6.07, 6.45) is 3.48. The number of amides is 1. The molecule has 1 saturated carbocycles. The van der Waals surface area contributed by atoms with Gasteiger partial charge < -0.3 is 26.2 Å². The Morgan fingerprint density at radius 2 is 1.85 bits per heavy atom. The van der Waals surface area contributed by atoms with Crippen LogP contribution in [0.2, 0.25) is 0 Å². The van der Waals surface area contributed by atoms with E-state index in [0.717, 1.165) is 30.4 Å². The average molecular weight is 469 g/mol. The molecule has 34 heavy (non-hydrogen) atoms. The largest absolute Gasteiger partial charge is 0.510 e. The molecule has 1 amide bonds. The number of allylic oxidation sites excluding steroid dienone is 1. The number of nitrogens with two attached hydrogens (primary N) is 1. The number of nitrogens with zero attached hydrogens (tertiary/aromatic N) is 1. The van der Waals surface area contributed by atoms with E-state index in [-0.39, 0.29) is 23.3 Å². The predicted octanol–water partition coefficient (Wildman–Crippen LogP) is 1.07. The Labute approximate surface area is 196 Å². The molecule has 0 radical (unpaired) electrons. The smallest absolute Gasteiger partial charge is 0.255 e. The summed E-state index contributed by atoms with van der Waals surface area (Å²) in [5.41, 5.74) is 3.59. The summed E-state index contributed by atoms with van der Waals surface area (Å²) in [6.45, 7) is 0. The third-order valence-electron chi connectivity index (χ3n) is 7.91. The zero-order chi connectivity index (χ0) is 24.7. The number of Topliss-reactive ketones (excluding diaryl/α,β-unsaturated/α-hetero) is 2. The van der Waals surface area contributed by atoms with Crippen LogP contribution in [0.25, 0.3) is 0 Å². The first-order chi connectivity index (χ1) is 16.0. The Morgan fingerprint density at radius 1 is 1.18 bits per heavy atom. The molecule has 4 aliphatic rings. The lowest BCUT2D eigenvalue weighted by Crippen LogP contribution is -2.63. The van der Waals surface area contributed by atoms with Crippen LogP contribution < -0.4 is 5.73 Å². The Kier molecular flexibility index (Phi) is 4.93. The molecule has 1 aromatic rings. The predicted molar refractivity (Wildman–Crippen MR) is 120 cm³/mol. The van der Waals surface area contributed by atoms with Crippen molar-refractivity contribution in [2.24, 2.45) is 23.5 Å². The number of hydrogen-bond acceptors (Lipinski definition) is 8. The summed E-state index contributed by atoms with van der Waals surface area (Å²) in [7, 11) is 3.22. The van der Waals surface area contributed by atoms with Crippen molar-refractivity contribution in [3.05, 3.63) is 51.5 Å². The lowest BCUT2D eigenvalue weighted by atomic mass is 9.58. The van der Waals surface area contributed by atoms with E-state index in [9.17, 15) is 34.8 Å². The van der Waals surface area contributed by atoms with E-state index in [1.807, 2.05) is 6.07 Å². The van der Waals surface area contributed by atoms with Gasteiger partial charge in [0.25, 0.3) is 5.91 Å². The second-order valence-corrected chi connectivity index (χ2v) is 10.2. The van der Waals surface area contributed by atoms with E-state index in [0.29, 0.717) is 12.3 Å². The number of phenolic OH excluding ortho intramolecular Hbond substituents is 1. The van der Waals surface area contributed by atoms with Crippen LogP contribution in [-0.2, 0) is 22.4 Å². The van der Waals surface area contributed by atoms with E-state index >= 15 is 0 Å². The van der Waals surface area contributed by atoms with E-state index in [1.165, 1.54) is 6.07 Å². The highest BCUT2D eigenvalue weighted by molar-refractivity contribution is 6.24. The maximum absolute atomic E-state index is 13.6. The van der Waals surface area contributed by atoms with Gasteiger partial charge in [0.15, 0.2) is 11.4 Å². The van der Waals surface area contributed by atoms with Gasteiger partial charge in [-0.1, -0.05) is 6.07 Å². The Hall–Kier alpha value is -3.17. The van der Waals surface area contributed by atoms with Crippen molar-refractivity contribution in [2.45, 2.75) is 43.7 Å². The molecule has 0 unspecified atom stereocenters. The number of aromatic hydroxyl groups is 1. The quantitative estimate of drug-likeness (QED) is 0.410. The van der Waals surface area contributed by atoms with Crippen molar-refractivity contribution < 1.29 is 34.8 Å². The van der Waals surface area contributed by atoms with Gasteiger partial charge in [-0.25, -0.2) is 0 Å². The molecule has 4 atom stereocenters. The van der Waals surface area contributed by atoms with E-state index in [4.69, 9.17) is 5.73 Å². The van der Waals surface area contributed by atoms with Gasteiger partial charge in [-0.2, -0.15) is 0 Å². The highest BCUT2D eigenvalue weighted by Gasteiger charge is 2.63. The van der Waals surface area contributed by atoms with Crippen LogP contribution in [0.5, 0.6) is 5.75 Å². The molecule has 0 spiro atoms. The molecule has 9 heteroatoms. The molecule has 0 saturated heterocycles. The minimum Gasteiger partial charge on any atom is -0.510 e. The monoisotopic (exact) mass is 468 g/mol. The van der Waals surface area contributed by atoms with Crippen LogP contribution >= 0.6 is 0 Å². The second kappa shape index (κ2) is 7.41. The Balaban J connectivity index is 1.69. The van der Waals surface area contributed by atoms with Crippen LogP contribution in [0, 0.1) is 17.8 Å². The summed E-state index contributed by atoms with van der Waals surface area (Å²) in [4.78, 5) is 40.4. The van der Waals surface area contributed by atoms with Crippen LogP contribution in [0.1, 0.15) is 40.7 Å². The first-order valence-electron chi connectivity index (χ1n) is 11.5. The number of benzene rings is 1. The minimum absolute atomic E-state index is 0.0823. The molecule has 0 bridgehead atoms. The average Bonchev–Trinajstić information content (AvgIpc) is 3.56. The van der Waals surface area contributed by atoms with Crippen molar-refractivity contribution in [3.8, 4) is 5.75 Å². The van der Waals surface area contributed by atoms with Crippen molar-refractivity contribution in [1.82, 2.24) is 4.90 Å². The maximum atomic E-state index is 13.6. The topological polar surface area (TPSA) is 161 Å². The Bertz CT molecular complexity index is 1210. The molecular formula is C25H28N2O7. The second-order valence-electron chi connectivity index (χ2n) is 10.2. The van der Waals surface area contributed by atoms with Crippen molar-refractivity contribution >= 4 is 17.5 Å². The maximum Gasteiger partial charge on any atom is 0.255 e. The first-order valence-corrected chi connectivity index (χ1v) is 11.5. The number of carbonyl (C=O) groups excluding carboxylic acids is 3. The molecule has 0 aromatic heterocycles. The number of carbonyl (C=O) groups is 3. The zero-order valence-corrected chi connectivity index (χ0v) is 19.0. The summed E-state index contributed by atoms with van der Waals surface area (Å²) in [5, 5.41) is 44.2. The number of aliphatic hydroxyl groups is 3. The van der Waals surface area contributed by atoms with Crippen molar-refractivity contribution in [3.63, 3.8) is 0 Å². The van der Waals surface area contributed by atoms with Gasteiger partial charge in [0.05, 0.1) is 11.6 Å². The third kappa shape index (κ3) is 2.96. The molecular weight excluding hydrogens is 440 g/mol. The molecule has 180 valence electrons. The molecule has 6 N–H and O–H groups in total. The lowest BCUT2D eigenvalue weighted by Gasteiger charge is -2.50. The SMILES string of the molecule is CN(C)[C@@H]1C(O)=C(C(N)=O)C(=O)[C@@]2(O)C(O)=C3C(=O)c4c(O)ccc(CC5CC5)c4C[C@H]3C[C@@H]12. The number of likely N-dealkylation sites (N-methyl/N-ethyl adjacent to an activating group) is 1.